The fourth-order valence-electron chi connectivity index (χ4n) is 3.84. The highest BCUT2D eigenvalue weighted by Crippen LogP contribution is 2.38. The van der Waals surface area contributed by atoms with Gasteiger partial charge in [0.1, 0.15) is 0 Å². The fourth-order valence-corrected chi connectivity index (χ4v) is 3.84. The van der Waals surface area contributed by atoms with E-state index in [1.54, 1.807) is 0 Å². The minimum atomic E-state index is 0.200. The summed E-state index contributed by atoms with van der Waals surface area (Å²) in [7, 11) is 0. The van der Waals surface area contributed by atoms with Crippen LogP contribution in [0.15, 0.2) is 29.4 Å². The number of fused-ring (bicyclic) bond motifs is 1. The average Bonchev–Trinajstić information content (AvgIpc) is 2.53. The summed E-state index contributed by atoms with van der Waals surface area (Å²) in [5.74, 6) is 1.93. The number of hydrogen-bond donors (Lipinski definition) is 2. The first-order chi connectivity index (χ1) is 9.79. The van der Waals surface area contributed by atoms with Crippen LogP contribution >= 0.6 is 0 Å². The molecule has 0 bridgehead atoms. The first kappa shape index (κ1) is 13.3. The standard InChI is InChI=1S/C16H23N3O/c17-16(18-20)14-7-3-4-8-15(14)19-10-9-12-5-1-2-6-13(12)11-19/h3-4,7-8,12-13,20H,1-2,5-6,9-11H2,(H2,17,18). The van der Waals surface area contributed by atoms with Gasteiger partial charge >= 0.3 is 0 Å². The van der Waals surface area contributed by atoms with Crippen LogP contribution < -0.4 is 10.6 Å². The average molecular weight is 273 g/mol. The van der Waals surface area contributed by atoms with Gasteiger partial charge in [0, 0.05) is 24.3 Å². The zero-order chi connectivity index (χ0) is 13.9. The summed E-state index contributed by atoms with van der Waals surface area (Å²) < 4.78 is 0. The van der Waals surface area contributed by atoms with Gasteiger partial charge in [0.05, 0.1) is 0 Å². The highest BCUT2D eigenvalue weighted by Gasteiger charge is 2.31. The largest absolute Gasteiger partial charge is 0.409 e. The van der Waals surface area contributed by atoms with Crippen molar-refractivity contribution < 1.29 is 5.21 Å². The summed E-state index contributed by atoms with van der Waals surface area (Å²) in [5.41, 5.74) is 7.75. The van der Waals surface area contributed by atoms with Crippen molar-refractivity contribution in [2.24, 2.45) is 22.7 Å². The molecule has 20 heavy (non-hydrogen) atoms. The van der Waals surface area contributed by atoms with Gasteiger partial charge in [0.25, 0.3) is 0 Å². The summed E-state index contributed by atoms with van der Waals surface area (Å²) in [6.07, 6.45) is 6.81. The molecule has 0 amide bonds. The van der Waals surface area contributed by atoms with Gasteiger partial charge < -0.3 is 15.8 Å². The highest BCUT2D eigenvalue weighted by atomic mass is 16.4. The number of hydrogen-bond acceptors (Lipinski definition) is 3. The molecule has 4 nitrogen and oxygen atoms in total. The molecule has 2 unspecified atom stereocenters. The molecular weight excluding hydrogens is 250 g/mol. The SMILES string of the molecule is N/C(=N\O)c1ccccc1N1CCC2CCCCC2C1. The number of amidine groups is 1. The molecule has 108 valence electrons. The Bertz CT molecular complexity index is 500. The highest BCUT2D eigenvalue weighted by molar-refractivity contribution is 6.02. The van der Waals surface area contributed by atoms with E-state index in [0.717, 1.165) is 36.2 Å². The first-order valence-corrected chi connectivity index (χ1v) is 7.61. The first-order valence-electron chi connectivity index (χ1n) is 7.61. The molecule has 1 aromatic rings. The Morgan fingerprint density at radius 2 is 1.90 bits per heavy atom. The van der Waals surface area contributed by atoms with Crippen molar-refractivity contribution in [3.8, 4) is 0 Å². The van der Waals surface area contributed by atoms with Crippen molar-refractivity contribution in [2.75, 3.05) is 18.0 Å². The number of para-hydroxylation sites is 1. The molecular formula is C16H23N3O. The molecule has 1 saturated carbocycles. The van der Waals surface area contributed by atoms with E-state index in [2.05, 4.69) is 16.1 Å². The van der Waals surface area contributed by atoms with Gasteiger partial charge in [0.15, 0.2) is 5.84 Å². The van der Waals surface area contributed by atoms with Crippen molar-refractivity contribution >= 4 is 11.5 Å². The van der Waals surface area contributed by atoms with E-state index in [1.807, 2.05) is 18.2 Å². The monoisotopic (exact) mass is 273 g/mol. The van der Waals surface area contributed by atoms with Crippen LogP contribution in [-0.2, 0) is 0 Å². The maximum atomic E-state index is 8.94. The number of anilines is 1. The van der Waals surface area contributed by atoms with Crippen LogP contribution in [0.25, 0.3) is 0 Å². The van der Waals surface area contributed by atoms with E-state index in [1.165, 1.54) is 32.1 Å². The Morgan fingerprint density at radius 3 is 2.70 bits per heavy atom. The second-order valence-electron chi connectivity index (χ2n) is 6.04. The van der Waals surface area contributed by atoms with Gasteiger partial charge in [-0.25, -0.2) is 0 Å². The molecule has 1 aromatic carbocycles. The minimum Gasteiger partial charge on any atom is -0.409 e. The predicted molar refractivity (Wildman–Crippen MR) is 81.2 cm³/mol. The van der Waals surface area contributed by atoms with Crippen LogP contribution in [0.5, 0.6) is 0 Å². The lowest BCUT2D eigenvalue weighted by atomic mass is 9.75. The van der Waals surface area contributed by atoms with Crippen LogP contribution in [0.2, 0.25) is 0 Å². The molecule has 3 rings (SSSR count). The van der Waals surface area contributed by atoms with Gasteiger partial charge in [-0.05, 0) is 36.8 Å². The third-order valence-electron chi connectivity index (χ3n) is 4.92. The Labute approximate surface area is 120 Å². The van der Waals surface area contributed by atoms with Crippen molar-refractivity contribution in [1.82, 2.24) is 0 Å². The van der Waals surface area contributed by atoms with Crippen molar-refractivity contribution in [3.63, 3.8) is 0 Å². The van der Waals surface area contributed by atoms with Crippen molar-refractivity contribution in [3.05, 3.63) is 29.8 Å². The number of benzene rings is 1. The topological polar surface area (TPSA) is 61.9 Å². The maximum Gasteiger partial charge on any atom is 0.172 e. The van der Waals surface area contributed by atoms with Crippen molar-refractivity contribution in [1.29, 1.82) is 0 Å². The molecule has 0 radical (unpaired) electrons. The Hall–Kier alpha value is -1.71. The number of piperidine rings is 1. The molecule has 1 aliphatic heterocycles. The fraction of sp³-hybridized carbons (Fsp3) is 0.562. The van der Waals surface area contributed by atoms with Gasteiger partial charge in [-0.2, -0.15) is 0 Å². The van der Waals surface area contributed by atoms with E-state index in [-0.39, 0.29) is 5.84 Å². The second kappa shape index (κ2) is 5.73. The quantitative estimate of drug-likeness (QED) is 0.377. The molecule has 0 spiro atoms. The molecule has 2 aliphatic rings. The van der Waals surface area contributed by atoms with Crippen LogP contribution in [-0.4, -0.2) is 24.1 Å². The summed E-state index contributed by atoms with van der Waals surface area (Å²) >= 11 is 0. The van der Waals surface area contributed by atoms with Gasteiger partial charge in [-0.1, -0.05) is 36.6 Å². The lowest BCUT2D eigenvalue weighted by Gasteiger charge is -2.42. The number of nitrogens with zero attached hydrogens (tertiary/aromatic N) is 2. The third-order valence-corrected chi connectivity index (χ3v) is 4.92. The Morgan fingerprint density at radius 1 is 1.15 bits per heavy atom. The molecule has 1 saturated heterocycles. The Balaban J connectivity index is 1.83. The van der Waals surface area contributed by atoms with E-state index >= 15 is 0 Å². The zero-order valence-corrected chi connectivity index (χ0v) is 11.8. The molecule has 2 atom stereocenters. The summed E-state index contributed by atoms with van der Waals surface area (Å²) in [5, 5.41) is 12.1. The number of oxime groups is 1. The summed E-state index contributed by atoms with van der Waals surface area (Å²) in [6.45, 7) is 2.19. The van der Waals surface area contributed by atoms with Gasteiger partial charge in [-0.15, -0.1) is 0 Å². The molecule has 4 heteroatoms. The summed E-state index contributed by atoms with van der Waals surface area (Å²) in [6, 6.07) is 7.97. The molecule has 2 fully saturated rings. The van der Waals surface area contributed by atoms with Crippen LogP contribution in [0.3, 0.4) is 0 Å². The Kier molecular flexibility index (Phi) is 3.81. The van der Waals surface area contributed by atoms with Gasteiger partial charge in [-0.3, -0.25) is 0 Å². The smallest absolute Gasteiger partial charge is 0.172 e. The lowest BCUT2D eigenvalue weighted by molar-refractivity contribution is 0.202. The van der Waals surface area contributed by atoms with E-state index in [9.17, 15) is 0 Å². The molecule has 3 N–H and O–H groups in total. The molecule has 0 aromatic heterocycles. The lowest BCUT2D eigenvalue weighted by Crippen LogP contribution is -2.42. The van der Waals surface area contributed by atoms with Crippen molar-refractivity contribution in [2.45, 2.75) is 32.1 Å². The minimum absolute atomic E-state index is 0.200. The van der Waals surface area contributed by atoms with E-state index < -0.39 is 0 Å². The predicted octanol–water partition coefficient (Wildman–Crippen LogP) is 2.80. The van der Waals surface area contributed by atoms with E-state index in [0.29, 0.717) is 0 Å². The normalized spacial score (nSPS) is 27.2. The third kappa shape index (κ3) is 2.47. The van der Waals surface area contributed by atoms with Crippen LogP contribution in [0.4, 0.5) is 5.69 Å². The van der Waals surface area contributed by atoms with Gasteiger partial charge in [0.2, 0.25) is 0 Å². The second-order valence-corrected chi connectivity index (χ2v) is 6.04. The summed E-state index contributed by atoms with van der Waals surface area (Å²) in [4.78, 5) is 2.42. The number of rotatable bonds is 2. The van der Waals surface area contributed by atoms with Crippen LogP contribution in [0, 0.1) is 11.8 Å². The molecule has 1 heterocycles. The number of nitrogens with two attached hydrogens (primary N) is 1. The van der Waals surface area contributed by atoms with Crippen LogP contribution in [0.1, 0.15) is 37.7 Å². The molecule has 1 aliphatic carbocycles. The maximum absolute atomic E-state index is 8.94. The van der Waals surface area contributed by atoms with E-state index in [4.69, 9.17) is 10.9 Å². The zero-order valence-electron chi connectivity index (χ0n) is 11.8.